The molecule has 0 bridgehead atoms. The summed E-state index contributed by atoms with van der Waals surface area (Å²) in [7, 11) is 0. The molecular weight excluding hydrogens is 334 g/mol. The van der Waals surface area contributed by atoms with Crippen LogP contribution < -0.4 is 11.1 Å². The van der Waals surface area contributed by atoms with Crippen molar-refractivity contribution >= 4 is 33.1 Å². The highest BCUT2D eigenvalue weighted by Crippen LogP contribution is 2.28. The first kappa shape index (κ1) is 13.8. The predicted molar refractivity (Wildman–Crippen MR) is 86.1 cm³/mol. The highest BCUT2D eigenvalue weighted by Gasteiger charge is 2.12. The lowest BCUT2D eigenvalue weighted by Crippen LogP contribution is -2.10. The third-order valence-electron chi connectivity index (χ3n) is 3.08. The van der Waals surface area contributed by atoms with Crippen molar-refractivity contribution in [3.8, 4) is 11.3 Å². The molecule has 3 rings (SSSR count). The van der Waals surface area contributed by atoms with E-state index >= 15 is 0 Å². The van der Waals surface area contributed by atoms with Crippen LogP contribution in [0.4, 0.5) is 11.5 Å². The Morgan fingerprint density at radius 3 is 2.90 bits per heavy atom. The summed E-state index contributed by atoms with van der Waals surface area (Å²) in [6.07, 6.45) is 1.69. The van der Waals surface area contributed by atoms with Crippen LogP contribution in [0.5, 0.6) is 0 Å². The van der Waals surface area contributed by atoms with Crippen LogP contribution in [-0.4, -0.2) is 32.9 Å². The Balaban J connectivity index is 2.19. The Hall–Kier alpha value is -2.12. The summed E-state index contributed by atoms with van der Waals surface area (Å²) >= 11 is 3.44. The number of nitrogen functional groups attached to an aromatic ring is 1. The monoisotopic (exact) mass is 347 g/mol. The number of anilines is 2. The van der Waals surface area contributed by atoms with Crippen LogP contribution >= 0.6 is 15.9 Å². The average Bonchev–Trinajstić information content (AvgIpc) is 2.87. The van der Waals surface area contributed by atoms with Gasteiger partial charge in [-0.25, -0.2) is 4.98 Å². The molecule has 7 heteroatoms. The molecule has 6 nitrogen and oxygen atoms in total. The molecule has 0 aliphatic carbocycles. The Morgan fingerprint density at radius 1 is 1.33 bits per heavy atom. The van der Waals surface area contributed by atoms with Crippen molar-refractivity contribution in [1.29, 1.82) is 0 Å². The minimum Gasteiger partial charge on any atom is -0.398 e. The van der Waals surface area contributed by atoms with E-state index in [1.165, 1.54) is 0 Å². The van der Waals surface area contributed by atoms with Crippen LogP contribution in [0.1, 0.15) is 0 Å². The molecule has 3 aromatic rings. The van der Waals surface area contributed by atoms with Gasteiger partial charge in [0.2, 0.25) is 0 Å². The van der Waals surface area contributed by atoms with Crippen LogP contribution in [-0.2, 0) is 0 Å². The zero-order valence-corrected chi connectivity index (χ0v) is 12.7. The Labute approximate surface area is 129 Å². The number of rotatable bonds is 4. The molecule has 0 aliphatic rings. The molecule has 0 saturated carbocycles. The number of aliphatic hydroxyl groups is 1. The summed E-state index contributed by atoms with van der Waals surface area (Å²) in [5.41, 5.74) is 8.99. The van der Waals surface area contributed by atoms with Crippen molar-refractivity contribution in [2.24, 2.45) is 0 Å². The molecule has 0 unspecified atom stereocenters. The minimum absolute atomic E-state index is 0.0368. The van der Waals surface area contributed by atoms with E-state index in [1.54, 1.807) is 10.7 Å². The van der Waals surface area contributed by atoms with Crippen LogP contribution in [0.2, 0.25) is 0 Å². The van der Waals surface area contributed by atoms with Gasteiger partial charge in [-0.2, -0.15) is 9.61 Å². The van der Waals surface area contributed by atoms with E-state index in [0.29, 0.717) is 17.9 Å². The summed E-state index contributed by atoms with van der Waals surface area (Å²) in [5, 5.41) is 16.4. The first-order valence-corrected chi connectivity index (χ1v) is 7.24. The number of nitrogens with two attached hydrogens (primary N) is 1. The summed E-state index contributed by atoms with van der Waals surface area (Å²) in [4.78, 5) is 4.61. The number of para-hydroxylation sites is 1. The number of hydrogen-bond donors (Lipinski definition) is 3. The third kappa shape index (κ3) is 2.57. The van der Waals surface area contributed by atoms with Crippen molar-refractivity contribution in [3.63, 3.8) is 0 Å². The second-order valence-corrected chi connectivity index (χ2v) is 5.35. The van der Waals surface area contributed by atoms with Crippen molar-refractivity contribution in [2.75, 3.05) is 24.2 Å². The first-order chi connectivity index (χ1) is 10.2. The number of aliphatic hydroxyl groups excluding tert-OH is 1. The van der Waals surface area contributed by atoms with Crippen molar-refractivity contribution in [3.05, 3.63) is 41.0 Å². The Kier molecular flexibility index (Phi) is 3.76. The summed E-state index contributed by atoms with van der Waals surface area (Å²) in [5.74, 6) is 0.748. The second kappa shape index (κ2) is 5.71. The van der Waals surface area contributed by atoms with Crippen LogP contribution in [0.15, 0.2) is 41.0 Å². The van der Waals surface area contributed by atoms with Gasteiger partial charge in [0.25, 0.3) is 0 Å². The molecule has 108 valence electrons. The molecule has 0 amide bonds. The normalized spacial score (nSPS) is 11.0. The van der Waals surface area contributed by atoms with E-state index in [1.807, 2.05) is 30.3 Å². The molecule has 2 heterocycles. The van der Waals surface area contributed by atoms with Crippen LogP contribution in [0.25, 0.3) is 16.9 Å². The molecule has 2 aromatic heterocycles. The molecule has 0 fully saturated rings. The van der Waals surface area contributed by atoms with E-state index in [2.05, 4.69) is 31.3 Å². The smallest absolute Gasteiger partial charge is 0.172 e. The molecule has 0 radical (unpaired) electrons. The molecular formula is C14H14BrN5O. The van der Waals surface area contributed by atoms with Gasteiger partial charge in [0.05, 0.1) is 23.0 Å². The minimum atomic E-state index is 0.0368. The summed E-state index contributed by atoms with van der Waals surface area (Å²) in [6.45, 7) is 0.468. The maximum Gasteiger partial charge on any atom is 0.172 e. The fraction of sp³-hybridized carbons (Fsp3) is 0.143. The standard InChI is InChI=1S/C14H14BrN5O/c15-10-8-18-20-13(17-5-6-21)7-12(19-14(10)20)9-3-1-2-4-11(9)16/h1-4,7-8,17,21H,5-6,16H2. The van der Waals surface area contributed by atoms with Gasteiger partial charge in [0.15, 0.2) is 5.65 Å². The van der Waals surface area contributed by atoms with E-state index in [-0.39, 0.29) is 6.61 Å². The van der Waals surface area contributed by atoms with E-state index in [4.69, 9.17) is 10.8 Å². The number of aromatic nitrogens is 3. The number of nitrogens with zero attached hydrogens (tertiary/aromatic N) is 3. The first-order valence-electron chi connectivity index (χ1n) is 6.44. The molecule has 0 saturated heterocycles. The van der Waals surface area contributed by atoms with Crippen molar-refractivity contribution in [1.82, 2.24) is 14.6 Å². The van der Waals surface area contributed by atoms with Crippen molar-refractivity contribution < 1.29 is 5.11 Å². The lowest BCUT2D eigenvalue weighted by Gasteiger charge is -2.11. The fourth-order valence-electron chi connectivity index (χ4n) is 2.11. The highest BCUT2D eigenvalue weighted by molar-refractivity contribution is 9.10. The van der Waals surface area contributed by atoms with Gasteiger partial charge < -0.3 is 16.2 Å². The lowest BCUT2D eigenvalue weighted by atomic mass is 10.1. The van der Waals surface area contributed by atoms with Crippen LogP contribution in [0, 0.1) is 0 Å². The quantitative estimate of drug-likeness (QED) is 0.629. The molecule has 0 aliphatic heterocycles. The number of fused-ring (bicyclic) bond motifs is 1. The van der Waals surface area contributed by atoms with E-state index in [9.17, 15) is 0 Å². The zero-order chi connectivity index (χ0) is 14.8. The topological polar surface area (TPSA) is 88.5 Å². The van der Waals surface area contributed by atoms with E-state index < -0.39 is 0 Å². The lowest BCUT2D eigenvalue weighted by molar-refractivity contribution is 0.311. The van der Waals surface area contributed by atoms with E-state index in [0.717, 1.165) is 21.5 Å². The Morgan fingerprint density at radius 2 is 2.14 bits per heavy atom. The van der Waals surface area contributed by atoms with Gasteiger partial charge in [-0.1, -0.05) is 18.2 Å². The van der Waals surface area contributed by atoms with Gasteiger partial charge in [0, 0.05) is 23.9 Å². The molecule has 4 N–H and O–H groups in total. The van der Waals surface area contributed by atoms with Crippen LogP contribution in [0.3, 0.4) is 0 Å². The number of halogens is 1. The largest absolute Gasteiger partial charge is 0.398 e. The molecule has 21 heavy (non-hydrogen) atoms. The molecule has 1 aromatic carbocycles. The van der Waals surface area contributed by atoms with Gasteiger partial charge >= 0.3 is 0 Å². The zero-order valence-electron chi connectivity index (χ0n) is 11.1. The maximum absolute atomic E-state index is 9.00. The molecule has 0 spiro atoms. The predicted octanol–water partition coefficient (Wildman–Crippen LogP) is 2.15. The number of nitrogens with one attached hydrogen (secondary N) is 1. The second-order valence-electron chi connectivity index (χ2n) is 4.49. The molecule has 0 atom stereocenters. The Bertz CT molecular complexity index is 786. The fourth-order valence-corrected chi connectivity index (χ4v) is 2.46. The van der Waals surface area contributed by atoms with Gasteiger partial charge in [-0.3, -0.25) is 0 Å². The van der Waals surface area contributed by atoms with Crippen molar-refractivity contribution in [2.45, 2.75) is 0 Å². The maximum atomic E-state index is 9.00. The number of hydrogen-bond acceptors (Lipinski definition) is 5. The third-order valence-corrected chi connectivity index (χ3v) is 3.64. The van der Waals surface area contributed by atoms with Gasteiger partial charge in [-0.15, -0.1) is 0 Å². The number of benzene rings is 1. The summed E-state index contributed by atoms with van der Waals surface area (Å²) in [6, 6.07) is 9.44. The highest BCUT2D eigenvalue weighted by atomic mass is 79.9. The average molecular weight is 348 g/mol. The SMILES string of the molecule is Nc1ccccc1-c1cc(NCCO)n2ncc(Br)c2n1. The van der Waals surface area contributed by atoms with Gasteiger partial charge in [-0.05, 0) is 22.0 Å². The van der Waals surface area contributed by atoms with Gasteiger partial charge in [0.1, 0.15) is 5.82 Å². The summed E-state index contributed by atoms with van der Waals surface area (Å²) < 4.78 is 2.48.